The Morgan fingerprint density at radius 3 is 2.69 bits per heavy atom. The second-order valence-electron chi connectivity index (χ2n) is 7.34. The molecule has 8 nitrogen and oxygen atoms in total. The number of H-pyrrole nitrogens is 1. The number of para-hydroxylation sites is 1. The molecule has 0 bridgehead atoms. The van der Waals surface area contributed by atoms with Gasteiger partial charge in [0.05, 0.1) is 6.54 Å². The summed E-state index contributed by atoms with van der Waals surface area (Å²) in [6.45, 7) is 0.376. The van der Waals surface area contributed by atoms with Gasteiger partial charge in [0.1, 0.15) is 23.4 Å². The van der Waals surface area contributed by atoms with Crippen LogP contribution in [0.1, 0.15) is 11.1 Å². The van der Waals surface area contributed by atoms with Gasteiger partial charge in [-0.25, -0.2) is 4.79 Å². The number of rotatable bonds is 8. The molecule has 0 spiro atoms. The lowest BCUT2D eigenvalue weighted by Gasteiger charge is -2.19. The molecule has 3 aromatic rings. The second-order valence-corrected chi connectivity index (χ2v) is 8.19. The topological polar surface area (TPSA) is 104 Å². The lowest BCUT2D eigenvalue weighted by Crippen LogP contribution is -2.49. The fourth-order valence-electron chi connectivity index (χ4n) is 3.42. The zero-order valence-corrected chi connectivity index (χ0v) is 18.7. The van der Waals surface area contributed by atoms with Crippen molar-refractivity contribution < 1.29 is 19.2 Å². The van der Waals surface area contributed by atoms with E-state index in [4.69, 9.17) is 9.57 Å². The number of aromatic amines is 1. The monoisotopic (exact) mass is 498 g/mol. The standard InChI is InChI=1S/C23H23BrN4O4/c24-21-11-17(32-28-21)13-26-22(29)20(10-16-12-25-19-9-5-4-8-18(16)19)27-23(30)31-14-15-6-2-1-3-7-15/h1-9,11-12,17,20,25,28H,10,13-14H2,(H,26,29)(H,27,30)/t17-,20?/m0/s1. The molecule has 2 amide bonds. The third-order valence-electron chi connectivity index (χ3n) is 5.04. The van der Waals surface area contributed by atoms with Crippen LogP contribution < -0.4 is 16.1 Å². The van der Waals surface area contributed by atoms with E-state index >= 15 is 0 Å². The van der Waals surface area contributed by atoms with Gasteiger partial charge in [-0.2, -0.15) is 0 Å². The van der Waals surface area contributed by atoms with Crippen LogP contribution in [0.15, 0.2) is 71.5 Å². The van der Waals surface area contributed by atoms with Crippen LogP contribution in [0.4, 0.5) is 4.79 Å². The van der Waals surface area contributed by atoms with Gasteiger partial charge in [-0.1, -0.05) is 48.5 Å². The van der Waals surface area contributed by atoms with Gasteiger partial charge in [0.2, 0.25) is 5.91 Å². The van der Waals surface area contributed by atoms with E-state index in [9.17, 15) is 9.59 Å². The van der Waals surface area contributed by atoms with Crippen molar-refractivity contribution in [2.24, 2.45) is 0 Å². The van der Waals surface area contributed by atoms with Crippen molar-refractivity contribution >= 4 is 38.8 Å². The van der Waals surface area contributed by atoms with Crippen LogP contribution in [0.25, 0.3) is 10.9 Å². The van der Waals surface area contributed by atoms with Gasteiger partial charge >= 0.3 is 6.09 Å². The molecule has 9 heteroatoms. The summed E-state index contributed by atoms with van der Waals surface area (Å²) in [4.78, 5) is 33.9. The molecule has 32 heavy (non-hydrogen) atoms. The molecule has 166 valence electrons. The van der Waals surface area contributed by atoms with Gasteiger partial charge in [-0.15, -0.1) is 0 Å². The summed E-state index contributed by atoms with van der Waals surface area (Å²) in [6.07, 6.45) is 2.99. The van der Waals surface area contributed by atoms with Crippen LogP contribution >= 0.6 is 15.9 Å². The smallest absolute Gasteiger partial charge is 0.408 e. The van der Waals surface area contributed by atoms with Crippen LogP contribution in [0, 0.1) is 0 Å². The first-order valence-electron chi connectivity index (χ1n) is 10.2. The Morgan fingerprint density at radius 1 is 1.12 bits per heavy atom. The third-order valence-corrected chi connectivity index (χ3v) is 5.46. The van der Waals surface area contributed by atoms with Crippen molar-refractivity contribution in [2.45, 2.75) is 25.2 Å². The van der Waals surface area contributed by atoms with Gasteiger partial charge < -0.3 is 20.4 Å². The number of hydrogen-bond acceptors (Lipinski definition) is 5. The first-order chi connectivity index (χ1) is 15.6. The average Bonchev–Trinajstić information content (AvgIpc) is 3.42. The molecule has 1 aromatic heterocycles. The molecule has 0 radical (unpaired) electrons. The fourth-order valence-corrected chi connectivity index (χ4v) is 3.81. The number of amides is 2. The Balaban J connectivity index is 1.42. The van der Waals surface area contributed by atoms with Crippen molar-refractivity contribution in [3.8, 4) is 0 Å². The zero-order valence-electron chi connectivity index (χ0n) is 17.1. The normalized spacial score (nSPS) is 16.2. The summed E-state index contributed by atoms with van der Waals surface area (Å²) in [7, 11) is 0. The number of halogens is 1. The molecule has 2 atom stereocenters. The summed E-state index contributed by atoms with van der Waals surface area (Å²) in [5, 5.41) is 6.54. The van der Waals surface area contributed by atoms with Gasteiger partial charge in [0.15, 0.2) is 0 Å². The van der Waals surface area contributed by atoms with Gasteiger partial charge in [0.25, 0.3) is 0 Å². The fraction of sp³-hybridized carbons (Fsp3) is 0.217. The number of carbonyl (C=O) groups is 2. The highest BCUT2D eigenvalue weighted by Crippen LogP contribution is 2.19. The predicted molar refractivity (Wildman–Crippen MR) is 124 cm³/mol. The SMILES string of the molecule is O=C(NC(Cc1c[nH]c2ccccc12)C(=O)NC[C@@H]1C=C(Br)NO1)OCc1ccccc1. The number of carbonyl (C=O) groups excluding carboxylic acids is 2. The number of fused-ring (bicyclic) bond motifs is 1. The number of nitrogens with one attached hydrogen (secondary N) is 4. The van der Waals surface area contributed by atoms with Gasteiger partial charge in [-0.05, 0) is 39.2 Å². The van der Waals surface area contributed by atoms with E-state index in [1.807, 2.05) is 60.8 Å². The van der Waals surface area contributed by atoms with Crippen molar-refractivity contribution in [1.82, 2.24) is 21.1 Å². The molecule has 1 aliphatic rings. The van der Waals surface area contributed by atoms with E-state index in [1.165, 1.54) is 0 Å². The van der Waals surface area contributed by atoms with Crippen LogP contribution in [-0.2, 0) is 27.4 Å². The minimum absolute atomic E-state index is 0.120. The summed E-state index contributed by atoms with van der Waals surface area (Å²) in [6, 6.07) is 16.4. The zero-order chi connectivity index (χ0) is 22.3. The van der Waals surface area contributed by atoms with Crippen LogP contribution in [0.2, 0.25) is 0 Å². The van der Waals surface area contributed by atoms with Crippen LogP contribution in [0.5, 0.6) is 0 Å². The first kappa shape index (κ1) is 21.9. The molecule has 1 unspecified atom stereocenters. The quantitative estimate of drug-likeness (QED) is 0.357. The van der Waals surface area contributed by atoms with E-state index in [-0.39, 0.29) is 25.2 Å². The molecule has 0 saturated heterocycles. The highest BCUT2D eigenvalue weighted by molar-refractivity contribution is 9.11. The van der Waals surface area contributed by atoms with Crippen molar-refractivity contribution in [3.05, 3.63) is 82.6 Å². The molecular weight excluding hydrogens is 476 g/mol. The highest BCUT2D eigenvalue weighted by Gasteiger charge is 2.25. The Kier molecular flexibility index (Phi) is 7.08. The summed E-state index contributed by atoms with van der Waals surface area (Å²) in [5.41, 5.74) is 5.43. The predicted octanol–water partition coefficient (Wildman–Crippen LogP) is 3.26. The number of aromatic nitrogens is 1. The van der Waals surface area contributed by atoms with Gasteiger partial charge in [-0.3, -0.25) is 15.1 Å². The molecule has 4 N–H and O–H groups in total. The van der Waals surface area contributed by atoms with Gasteiger partial charge in [0, 0.05) is 23.5 Å². The number of hydrogen-bond donors (Lipinski definition) is 4. The summed E-state index contributed by atoms with van der Waals surface area (Å²) >= 11 is 3.28. The molecule has 0 aliphatic carbocycles. The van der Waals surface area contributed by atoms with E-state index in [0.29, 0.717) is 11.0 Å². The Bertz CT molecular complexity index is 1120. The largest absolute Gasteiger partial charge is 0.445 e. The minimum atomic E-state index is -0.820. The van der Waals surface area contributed by atoms with Crippen LogP contribution in [0.3, 0.4) is 0 Å². The third kappa shape index (κ3) is 5.68. The number of hydroxylamine groups is 1. The number of alkyl carbamates (subject to hydrolysis) is 1. The maximum atomic E-state index is 13.0. The Hall–Kier alpha value is -3.30. The maximum Gasteiger partial charge on any atom is 0.408 e. The van der Waals surface area contributed by atoms with E-state index in [0.717, 1.165) is 22.0 Å². The van der Waals surface area contributed by atoms with Crippen molar-refractivity contribution in [3.63, 3.8) is 0 Å². The molecule has 1 aliphatic heterocycles. The Labute approximate surface area is 193 Å². The molecular formula is C23H23BrN4O4. The number of ether oxygens (including phenoxy) is 1. The lowest BCUT2D eigenvalue weighted by molar-refractivity contribution is -0.123. The second kappa shape index (κ2) is 10.3. The molecule has 2 aromatic carbocycles. The summed E-state index contributed by atoms with van der Waals surface area (Å²) in [5.74, 6) is -0.327. The molecule has 0 fully saturated rings. The van der Waals surface area contributed by atoms with Crippen molar-refractivity contribution in [2.75, 3.05) is 6.54 Å². The van der Waals surface area contributed by atoms with E-state index in [1.54, 1.807) is 6.08 Å². The lowest BCUT2D eigenvalue weighted by atomic mass is 10.0. The van der Waals surface area contributed by atoms with E-state index in [2.05, 4.69) is 37.0 Å². The molecule has 4 rings (SSSR count). The molecule has 0 saturated carbocycles. The Morgan fingerprint density at radius 2 is 1.91 bits per heavy atom. The van der Waals surface area contributed by atoms with Crippen molar-refractivity contribution in [1.29, 1.82) is 0 Å². The maximum absolute atomic E-state index is 13.0. The van der Waals surface area contributed by atoms with Crippen LogP contribution in [-0.4, -0.2) is 35.7 Å². The molecule has 2 heterocycles. The minimum Gasteiger partial charge on any atom is -0.445 e. The number of benzene rings is 2. The average molecular weight is 499 g/mol. The van der Waals surface area contributed by atoms with E-state index < -0.39 is 12.1 Å². The first-order valence-corrected chi connectivity index (χ1v) is 11.0. The highest BCUT2D eigenvalue weighted by atomic mass is 79.9. The summed E-state index contributed by atoms with van der Waals surface area (Å²) < 4.78 is 6.02.